The molecule has 3 saturated carbocycles. The van der Waals surface area contributed by atoms with Crippen LogP contribution >= 0.6 is 0 Å². The molecule has 0 spiro atoms. The highest BCUT2D eigenvalue weighted by Gasteiger charge is 2.40. The lowest BCUT2D eigenvalue weighted by Gasteiger charge is -2.42. The molecule has 3 heterocycles. The molecule has 6 nitrogen and oxygen atoms in total. The molecular formula is C32H42BN6-. The molecule has 4 aliphatic carbocycles. The third-order valence-corrected chi connectivity index (χ3v) is 10.2. The summed E-state index contributed by atoms with van der Waals surface area (Å²) >= 11 is 0. The molecule has 39 heavy (non-hydrogen) atoms. The van der Waals surface area contributed by atoms with Crippen molar-refractivity contribution in [2.24, 2.45) is 0 Å². The number of hydrogen-bond donors (Lipinski definition) is 0. The first-order valence-electron chi connectivity index (χ1n) is 15.8. The van der Waals surface area contributed by atoms with E-state index in [1.54, 1.807) is 0 Å². The van der Waals surface area contributed by atoms with Crippen LogP contribution in [0, 0.1) is 0 Å². The second-order valence-corrected chi connectivity index (χ2v) is 12.6. The van der Waals surface area contributed by atoms with Gasteiger partial charge in [-0.1, -0.05) is 75.4 Å². The predicted octanol–water partition coefficient (Wildman–Crippen LogP) is 7.49. The van der Waals surface area contributed by atoms with Crippen LogP contribution in [-0.2, 0) is 0 Å². The zero-order valence-corrected chi connectivity index (χ0v) is 23.3. The van der Waals surface area contributed by atoms with Crippen LogP contribution in [0.25, 0.3) is 0 Å². The van der Waals surface area contributed by atoms with E-state index in [1.165, 1.54) is 113 Å². The van der Waals surface area contributed by atoms with Crippen molar-refractivity contribution < 1.29 is 0 Å². The summed E-state index contributed by atoms with van der Waals surface area (Å²) < 4.78 is 6.56. The number of nitrogens with zero attached hydrogens (tertiary/aromatic N) is 6. The van der Waals surface area contributed by atoms with Gasteiger partial charge in [0.25, 0.3) is 0 Å². The normalized spacial score (nSPS) is 21.6. The Hall–Kier alpha value is -3.05. The van der Waals surface area contributed by atoms with Crippen molar-refractivity contribution in [2.45, 2.75) is 114 Å². The first kappa shape index (κ1) is 25.0. The molecule has 0 amide bonds. The number of allylic oxidation sites excluding steroid dienone is 3. The monoisotopic (exact) mass is 521 g/mol. The molecule has 0 atom stereocenters. The molecule has 3 aromatic rings. The van der Waals surface area contributed by atoms with Crippen LogP contribution < -0.4 is 0 Å². The first-order chi connectivity index (χ1) is 19.3. The summed E-state index contributed by atoms with van der Waals surface area (Å²) in [5.74, 6) is 1.78. The lowest BCUT2D eigenvalue weighted by Crippen LogP contribution is -2.60. The van der Waals surface area contributed by atoms with E-state index in [0.717, 1.165) is 5.47 Å². The van der Waals surface area contributed by atoms with Crippen LogP contribution in [0.15, 0.2) is 66.6 Å². The second-order valence-electron chi connectivity index (χ2n) is 12.6. The van der Waals surface area contributed by atoms with Gasteiger partial charge in [-0.25, -0.2) is 15.3 Å². The fourth-order valence-corrected chi connectivity index (χ4v) is 7.97. The molecule has 0 N–H and O–H groups in total. The number of rotatable bonds is 7. The lowest BCUT2D eigenvalue weighted by atomic mass is 9.52. The van der Waals surface area contributed by atoms with Gasteiger partial charge >= 0.3 is 6.55 Å². The summed E-state index contributed by atoms with van der Waals surface area (Å²) in [7, 11) is 0. The van der Waals surface area contributed by atoms with Crippen LogP contribution in [0.5, 0.6) is 0 Å². The standard InChI is InChI=1S/C32H42BN6/c1-4-12-26(13-5-1)29-20-34-37(23-29)33(32-18-10-11-19-32,38-24-30(21-35-38)27-14-6-2-7-15-27)39-25-31(22-36-39)28-16-8-3-9-17-28/h10-11,18,20-28H,1-9,12-17H2/q-1. The average molecular weight is 522 g/mol. The van der Waals surface area contributed by atoms with E-state index >= 15 is 0 Å². The molecule has 0 aliphatic heterocycles. The van der Waals surface area contributed by atoms with E-state index in [2.05, 4.69) is 68.8 Å². The summed E-state index contributed by atoms with van der Waals surface area (Å²) in [5.41, 5.74) is 8.72. The summed E-state index contributed by atoms with van der Waals surface area (Å²) in [6.45, 7) is -1.84. The third kappa shape index (κ3) is 4.59. The fraction of sp³-hybridized carbons (Fsp3) is 0.562. The minimum absolute atomic E-state index is 0.593. The highest BCUT2D eigenvalue weighted by atomic mass is 15.5. The Morgan fingerprint density at radius 1 is 0.564 bits per heavy atom. The molecule has 3 fully saturated rings. The van der Waals surface area contributed by atoms with Gasteiger partial charge in [0.15, 0.2) is 0 Å². The van der Waals surface area contributed by atoms with Gasteiger partial charge < -0.3 is 13.8 Å². The maximum atomic E-state index is 5.12. The highest BCUT2D eigenvalue weighted by Crippen LogP contribution is 2.37. The Morgan fingerprint density at radius 3 is 1.28 bits per heavy atom. The summed E-state index contributed by atoms with van der Waals surface area (Å²) in [4.78, 5) is 0. The molecule has 0 saturated heterocycles. The Kier molecular flexibility index (Phi) is 6.94. The van der Waals surface area contributed by atoms with Crippen molar-refractivity contribution in [3.8, 4) is 0 Å². The van der Waals surface area contributed by atoms with Gasteiger partial charge in [-0.3, -0.25) is 0 Å². The van der Waals surface area contributed by atoms with Crippen molar-refractivity contribution >= 4 is 6.55 Å². The molecule has 204 valence electrons. The average Bonchev–Trinajstić information content (AvgIpc) is 3.83. The Bertz CT molecular complexity index is 1230. The largest absolute Gasteiger partial charge is 0.395 e. The zero-order valence-electron chi connectivity index (χ0n) is 23.3. The second kappa shape index (κ2) is 10.8. The lowest BCUT2D eigenvalue weighted by molar-refractivity contribution is 0.443. The van der Waals surface area contributed by atoms with Crippen LogP contribution in [-0.4, -0.2) is 35.6 Å². The maximum Gasteiger partial charge on any atom is 0.376 e. The smallest absolute Gasteiger partial charge is 0.376 e. The van der Waals surface area contributed by atoms with Crippen molar-refractivity contribution in [3.05, 3.63) is 83.3 Å². The Balaban J connectivity index is 1.37. The van der Waals surface area contributed by atoms with Crippen molar-refractivity contribution in [1.82, 2.24) is 29.1 Å². The molecule has 3 aromatic heterocycles. The molecule has 0 bridgehead atoms. The van der Waals surface area contributed by atoms with Crippen molar-refractivity contribution in [2.75, 3.05) is 0 Å². The van der Waals surface area contributed by atoms with Gasteiger partial charge in [0.2, 0.25) is 0 Å². The van der Waals surface area contributed by atoms with E-state index in [0.29, 0.717) is 17.8 Å². The van der Waals surface area contributed by atoms with E-state index in [4.69, 9.17) is 15.3 Å². The topological polar surface area (TPSA) is 53.5 Å². The van der Waals surface area contributed by atoms with E-state index in [1.807, 2.05) is 6.08 Å². The minimum atomic E-state index is -1.84. The zero-order chi connectivity index (χ0) is 26.1. The van der Waals surface area contributed by atoms with E-state index in [-0.39, 0.29) is 0 Å². The van der Waals surface area contributed by atoms with Crippen LogP contribution in [0.3, 0.4) is 0 Å². The molecule has 7 heteroatoms. The van der Waals surface area contributed by atoms with Gasteiger partial charge in [0, 0.05) is 18.6 Å². The van der Waals surface area contributed by atoms with Crippen molar-refractivity contribution in [1.29, 1.82) is 0 Å². The fourth-order valence-electron chi connectivity index (χ4n) is 7.97. The summed E-state index contributed by atoms with van der Waals surface area (Å²) in [6, 6.07) is 0. The van der Waals surface area contributed by atoms with Gasteiger partial charge in [-0.05, 0) is 97.6 Å². The molecule has 0 radical (unpaired) electrons. The predicted molar refractivity (Wildman–Crippen MR) is 157 cm³/mol. The summed E-state index contributed by atoms with van der Waals surface area (Å²) in [5, 5.41) is 15.4. The quantitative estimate of drug-likeness (QED) is 0.239. The van der Waals surface area contributed by atoms with Gasteiger partial charge in [-0.2, -0.15) is 5.73 Å². The SMILES string of the molecule is C1=CC=CC=1[B-](n1cc(C2CCCCC2)cn1)(n1cc(C2CCCCC2)cn1)n1cc(C2CCCCC2)cn1. The van der Waals surface area contributed by atoms with E-state index in [9.17, 15) is 0 Å². The van der Waals surface area contributed by atoms with Crippen LogP contribution in [0.1, 0.15) is 131 Å². The maximum absolute atomic E-state index is 5.12. The molecule has 0 unspecified atom stereocenters. The Labute approximate surface area is 232 Å². The van der Waals surface area contributed by atoms with Crippen molar-refractivity contribution in [3.63, 3.8) is 0 Å². The highest BCUT2D eigenvalue weighted by molar-refractivity contribution is 6.82. The molecule has 7 rings (SSSR count). The van der Waals surface area contributed by atoms with Crippen LogP contribution in [0.2, 0.25) is 0 Å². The van der Waals surface area contributed by atoms with Gasteiger partial charge in [-0.15, -0.1) is 0 Å². The van der Waals surface area contributed by atoms with E-state index < -0.39 is 6.55 Å². The number of aromatic nitrogens is 6. The Morgan fingerprint density at radius 2 is 0.949 bits per heavy atom. The number of hydrogen-bond acceptors (Lipinski definition) is 3. The van der Waals surface area contributed by atoms with Gasteiger partial charge in [0.1, 0.15) is 0 Å². The van der Waals surface area contributed by atoms with Gasteiger partial charge in [0.05, 0.1) is 0 Å². The molecule has 0 aromatic carbocycles. The minimum Gasteiger partial charge on any atom is -0.395 e. The molecular weight excluding hydrogens is 479 g/mol. The van der Waals surface area contributed by atoms with Crippen LogP contribution in [0.4, 0.5) is 0 Å². The first-order valence-corrected chi connectivity index (χ1v) is 15.8. The summed E-state index contributed by atoms with van der Waals surface area (Å²) in [6.07, 6.45) is 39.1. The third-order valence-electron chi connectivity index (χ3n) is 10.2. The molecule has 4 aliphatic rings.